The quantitative estimate of drug-likeness (QED) is 0.344. The summed E-state index contributed by atoms with van der Waals surface area (Å²) in [5.74, 6) is -0.247. The highest BCUT2D eigenvalue weighted by Gasteiger charge is 2.29. The second-order valence-corrected chi connectivity index (χ2v) is 10.8. The summed E-state index contributed by atoms with van der Waals surface area (Å²) in [7, 11) is 1.32. The van der Waals surface area contributed by atoms with Gasteiger partial charge in [-0.2, -0.15) is 0 Å². The Hall–Kier alpha value is -2.85. The summed E-state index contributed by atoms with van der Waals surface area (Å²) < 4.78 is 16.7. The second-order valence-electron chi connectivity index (χ2n) is 8.74. The summed E-state index contributed by atoms with van der Waals surface area (Å²) in [4.78, 5) is 40.6. The molecule has 10 heteroatoms. The molecule has 1 aliphatic heterocycles. The molecule has 0 radical (unpaired) electrons. The van der Waals surface area contributed by atoms with Crippen molar-refractivity contribution in [3.05, 3.63) is 23.1 Å². The van der Waals surface area contributed by atoms with E-state index in [9.17, 15) is 14.4 Å². The normalized spacial score (nSPS) is 14.1. The van der Waals surface area contributed by atoms with Crippen LogP contribution in [0.4, 0.5) is 9.80 Å². The maximum atomic E-state index is 13.1. The average Bonchev–Trinajstić information content (AvgIpc) is 3.42. The molecule has 36 heavy (non-hydrogen) atoms. The van der Waals surface area contributed by atoms with Gasteiger partial charge in [0.1, 0.15) is 0 Å². The first-order valence-corrected chi connectivity index (χ1v) is 14.0. The predicted molar refractivity (Wildman–Crippen MR) is 143 cm³/mol. The largest absolute Gasteiger partial charge is 0.479 e. The lowest BCUT2D eigenvalue weighted by atomic mass is 9.89. The minimum absolute atomic E-state index is 0.110. The van der Waals surface area contributed by atoms with E-state index in [0.717, 1.165) is 38.4 Å². The van der Waals surface area contributed by atoms with Crippen LogP contribution in [0.5, 0.6) is 5.75 Å². The third-order valence-corrected chi connectivity index (χ3v) is 8.60. The van der Waals surface area contributed by atoms with Crippen LogP contribution in [0.15, 0.2) is 18.2 Å². The van der Waals surface area contributed by atoms with Crippen molar-refractivity contribution in [2.75, 3.05) is 38.3 Å². The lowest BCUT2D eigenvalue weighted by molar-refractivity contribution is -0.145. The van der Waals surface area contributed by atoms with E-state index < -0.39 is 11.9 Å². The number of esters is 2. The zero-order valence-corrected chi connectivity index (χ0v) is 22.5. The molecule has 2 heterocycles. The Kier molecular flexibility index (Phi) is 8.68. The molecule has 4 rings (SSSR count). The highest BCUT2D eigenvalue weighted by atomic mass is 32.1. The minimum Gasteiger partial charge on any atom is -0.479 e. The van der Waals surface area contributed by atoms with Crippen molar-refractivity contribution < 1.29 is 28.6 Å². The molecule has 0 spiro atoms. The fourth-order valence-corrected chi connectivity index (χ4v) is 6.98. The molecule has 2 amide bonds. The SMILES string of the molecule is CCNC(=O)N(CC1CCCCC1)c1ccc2cc3sc(C(=O)OC)c(OCC(=O)OCC)c3c-2s1. The molecule has 3 aliphatic rings. The molecule has 2 aliphatic carbocycles. The van der Waals surface area contributed by atoms with Crippen LogP contribution in [0.2, 0.25) is 0 Å². The topological polar surface area (TPSA) is 94.2 Å². The van der Waals surface area contributed by atoms with E-state index in [-0.39, 0.29) is 19.2 Å². The first-order valence-electron chi connectivity index (χ1n) is 12.4. The first-order chi connectivity index (χ1) is 17.5. The van der Waals surface area contributed by atoms with Gasteiger partial charge in [-0.25, -0.2) is 14.4 Å². The van der Waals surface area contributed by atoms with E-state index in [1.165, 1.54) is 49.0 Å². The number of carbonyl (C=O) groups excluding carboxylic acids is 3. The maximum absolute atomic E-state index is 13.1. The Balaban J connectivity index is 1.76. The van der Waals surface area contributed by atoms with Gasteiger partial charge in [0.05, 0.1) is 24.1 Å². The van der Waals surface area contributed by atoms with Crippen LogP contribution >= 0.6 is 22.7 Å². The predicted octanol–water partition coefficient (Wildman–Crippen LogP) is 5.91. The van der Waals surface area contributed by atoms with Gasteiger partial charge in [0, 0.05) is 22.7 Å². The van der Waals surface area contributed by atoms with Crippen LogP contribution in [0, 0.1) is 5.92 Å². The molecular formula is C26H32N2O6S2. The standard InChI is InChI=1S/C26H32N2O6S2/c1-4-27-26(31)28(14-16-9-7-6-8-10-16)19-12-11-17-13-18-21(23(17)36-19)22(24(35-18)25(30)32-3)34-15-20(29)33-5-2/h11-13,16H,4-10,14-15H2,1-3H3,(H,27,31). The number of nitrogens with zero attached hydrogens (tertiary/aromatic N) is 1. The monoisotopic (exact) mass is 532 g/mol. The number of fused-ring (bicyclic) bond motifs is 3. The molecule has 1 aromatic rings. The fourth-order valence-electron chi connectivity index (χ4n) is 4.63. The third kappa shape index (κ3) is 5.59. The fraction of sp³-hybridized carbons (Fsp3) is 0.500. The molecule has 0 atom stereocenters. The van der Waals surface area contributed by atoms with Crippen LogP contribution < -0.4 is 15.0 Å². The number of nitrogens with one attached hydrogen (secondary N) is 1. The lowest BCUT2D eigenvalue weighted by Crippen LogP contribution is -2.42. The maximum Gasteiger partial charge on any atom is 0.351 e. The van der Waals surface area contributed by atoms with Gasteiger partial charge in [-0.05, 0) is 50.3 Å². The summed E-state index contributed by atoms with van der Waals surface area (Å²) in [6.45, 7) is 4.78. The van der Waals surface area contributed by atoms with Gasteiger partial charge < -0.3 is 19.5 Å². The zero-order chi connectivity index (χ0) is 25.7. The number of ether oxygens (including phenoxy) is 3. The molecule has 0 unspecified atom stereocenters. The van der Waals surface area contributed by atoms with Gasteiger partial charge in [0.2, 0.25) is 0 Å². The van der Waals surface area contributed by atoms with Crippen molar-refractivity contribution >= 4 is 55.7 Å². The average molecular weight is 533 g/mol. The van der Waals surface area contributed by atoms with Crippen LogP contribution in [0.1, 0.15) is 55.6 Å². The molecule has 1 saturated carbocycles. The molecule has 0 saturated heterocycles. The van der Waals surface area contributed by atoms with Gasteiger partial charge in [0.25, 0.3) is 0 Å². The van der Waals surface area contributed by atoms with Crippen LogP contribution in [0.3, 0.4) is 0 Å². The Morgan fingerprint density at radius 3 is 2.58 bits per heavy atom. The van der Waals surface area contributed by atoms with Crippen LogP contribution in [0.25, 0.3) is 20.5 Å². The minimum atomic E-state index is -0.523. The van der Waals surface area contributed by atoms with Crippen molar-refractivity contribution in [1.82, 2.24) is 5.32 Å². The molecule has 1 N–H and O–H groups in total. The lowest BCUT2D eigenvalue weighted by Gasteiger charge is -2.29. The highest BCUT2D eigenvalue weighted by molar-refractivity contribution is 7.24. The number of thiophene rings is 1. The van der Waals surface area contributed by atoms with Crippen molar-refractivity contribution in [3.8, 4) is 16.2 Å². The van der Waals surface area contributed by atoms with Crippen LogP contribution in [-0.2, 0) is 14.3 Å². The third-order valence-electron chi connectivity index (χ3n) is 6.29. The molecule has 1 fully saturated rings. The highest BCUT2D eigenvalue weighted by Crippen LogP contribution is 2.50. The number of carbonyl (C=O) groups is 3. The number of methoxy groups -OCH3 is 1. The van der Waals surface area contributed by atoms with E-state index in [2.05, 4.69) is 5.32 Å². The smallest absolute Gasteiger partial charge is 0.351 e. The Morgan fingerprint density at radius 2 is 1.89 bits per heavy atom. The van der Waals surface area contributed by atoms with Crippen LogP contribution in [-0.4, -0.2) is 51.4 Å². The van der Waals surface area contributed by atoms with Crippen molar-refractivity contribution in [2.45, 2.75) is 46.0 Å². The van der Waals surface area contributed by atoms with Crippen molar-refractivity contribution in [2.24, 2.45) is 5.92 Å². The summed E-state index contributed by atoms with van der Waals surface area (Å²) in [5, 5.41) is 4.53. The molecule has 8 nitrogen and oxygen atoms in total. The Morgan fingerprint density at radius 1 is 1.11 bits per heavy atom. The van der Waals surface area contributed by atoms with Crippen molar-refractivity contribution in [1.29, 1.82) is 0 Å². The number of hydrogen-bond acceptors (Lipinski definition) is 8. The van der Waals surface area contributed by atoms with Gasteiger partial charge >= 0.3 is 18.0 Å². The molecule has 194 valence electrons. The van der Waals surface area contributed by atoms with E-state index in [0.29, 0.717) is 29.6 Å². The Labute approximate surface area is 218 Å². The number of amides is 2. The van der Waals surface area contributed by atoms with Gasteiger partial charge in [-0.15, -0.1) is 22.7 Å². The second kappa shape index (κ2) is 11.9. The summed E-state index contributed by atoms with van der Waals surface area (Å²) >= 11 is 2.76. The number of urea groups is 1. The number of hydrogen-bond donors (Lipinski definition) is 1. The summed E-state index contributed by atoms with van der Waals surface area (Å²) in [5.41, 5.74) is 0.982. The zero-order valence-electron chi connectivity index (χ0n) is 20.9. The first kappa shape index (κ1) is 26.2. The number of anilines is 1. The van der Waals surface area contributed by atoms with Gasteiger partial charge in [-0.3, -0.25) is 4.90 Å². The summed E-state index contributed by atoms with van der Waals surface area (Å²) in [6, 6.07) is 5.86. The number of rotatable bonds is 9. The van der Waals surface area contributed by atoms with E-state index in [4.69, 9.17) is 14.2 Å². The molecule has 0 bridgehead atoms. The van der Waals surface area contributed by atoms with Gasteiger partial charge in [0.15, 0.2) is 17.2 Å². The molecule has 1 aromatic heterocycles. The molecular weight excluding hydrogens is 500 g/mol. The molecule has 0 aromatic carbocycles. The summed E-state index contributed by atoms with van der Waals surface area (Å²) in [6.07, 6.45) is 5.91. The van der Waals surface area contributed by atoms with Gasteiger partial charge in [-0.1, -0.05) is 25.3 Å². The Bertz CT molecular complexity index is 1200. The van der Waals surface area contributed by atoms with E-state index in [1.807, 2.05) is 30.0 Å². The van der Waals surface area contributed by atoms with Crippen molar-refractivity contribution in [3.63, 3.8) is 0 Å². The van der Waals surface area contributed by atoms with E-state index >= 15 is 0 Å². The van der Waals surface area contributed by atoms with E-state index in [1.54, 1.807) is 6.92 Å².